The number of rotatable bonds is 7. The summed E-state index contributed by atoms with van der Waals surface area (Å²) in [5, 5.41) is 5.98. The molecule has 2 rings (SSSR count). The summed E-state index contributed by atoms with van der Waals surface area (Å²) < 4.78 is 5.10. The molecule has 2 aromatic rings. The first-order valence-electron chi connectivity index (χ1n) is 7.55. The van der Waals surface area contributed by atoms with Crippen LogP contribution in [0.3, 0.4) is 0 Å². The molecule has 0 saturated heterocycles. The van der Waals surface area contributed by atoms with E-state index >= 15 is 0 Å². The number of hydrogen-bond acceptors (Lipinski definition) is 5. The molecule has 0 fully saturated rings. The van der Waals surface area contributed by atoms with Crippen LogP contribution in [0.15, 0.2) is 36.7 Å². The molecule has 0 atom stereocenters. The predicted molar refractivity (Wildman–Crippen MR) is 89.5 cm³/mol. The van der Waals surface area contributed by atoms with Gasteiger partial charge in [0.1, 0.15) is 17.3 Å². The number of benzene rings is 1. The van der Waals surface area contributed by atoms with E-state index in [1.165, 1.54) is 6.20 Å². The van der Waals surface area contributed by atoms with Crippen molar-refractivity contribution in [2.24, 2.45) is 5.92 Å². The number of hydrogen-bond donors (Lipinski definition) is 2. The summed E-state index contributed by atoms with van der Waals surface area (Å²) in [6.07, 6.45) is 3.05. The van der Waals surface area contributed by atoms with Gasteiger partial charge in [-0.2, -0.15) is 0 Å². The number of anilines is 1. The van der Waals surface area contributed by atoms with Gasteiger partial charge in [-0.1, -0.05) is 26.0 Å². The summed E-state index contributed by atoms with van der Waals surface area (Å²) in [6.45, 7) is 5.47. The lowest BCUT2D eigenvalue weighted by Crippen LogP contribution is -2.24. The third kappa shape index (κ3) is 5.25. The van der Waals surface area contributed by atoms with Gasteiger partial charge in [0.15, 0.2) is 0 Å². The molecular formula is C17H22N4O2. The predicted octanol–water partition coefficient (Wildman–Crippen LogP) is 2.48. The first kappa shape index (κ1) is 16.7. The number of carbonyl (C=O) groups is 1. The summed E-state index contributed by atoms with van der Waals surface area (Å²) in [7, 11) is 1.62. The molecule has 0 radical (unpaired) electrons. The van der Waals surface area contributed by atoms with Crippen LogP contribution in [0, 0.1) is 5.92 Å². The average molecular weight is 314 g/mol. The van der Waals surface area contributed by atoms with Crippen LogP contribution in [0.25, 0.3) is 0 Å². The molecule has 6 nitrogen and oxygen atoms in total. The number of methoxy groups -OCH3 is 1. The lowest BCUT2D eigenvalue weighted by atomic mass is 10.2. The van der Waals surface area contributed by atoms with Crippen molar-refractivity contribution < 1.29 is 9.53 Å². The van der Waals surface area contributed by atoms with Crippen LogP contribution in [0.2, 0.25) is 0 Å². The molecular weight excluding hydrogens is 292 g/mol. The van der Waals surface area contributed by atoms with Gasteiger partial charge in [-0.25, -0.2) is 9.97 Å². The van der Waals surface area contributed by atoms with Gasteiger partial charge in [-0.15, -0.1) is 0 Å². The number of aromatic nitrogens is 2. The Morgan fingerprint density at radius 2 is 1.91 bits per heavy atom. The third-order valence-corrected chi connectivity index (χ3v) is 3.19. The Bertz CT molecular complexity index is 624. The Hall–Kier alpha value is -2.63. The highest BCUT2D eigenvalue weighted by Crippen LogP contribution is 2.11. The molecule has 1 aromatic heterocycles. The van der Waals surface area contributed by atoms with Crippen LogP contribution in [0.4, 0.5) is 5.82 Å². The second-order valence-electron chi connectivity index (χ2n) is 5.59. The van der Waals surface area contributed by atoms with Crippen LogP contribution >= 0.6 is 0 Å². The molecule has 0 aliphatic carbocycles. The zero-order chi connectivity index (χ0) is 16.7. The summed E-state index contributed by atoms with van der Waals surface area (Å²) >= 11 is 0. The molecule has 1 amide bonds. The number of nitrogens with zero attached hydrogens (tertiary/aromatic N) is 2. The molecule has 1 aromatic carbocycles. The Morgan fingerprint density at radius 1 is 1.17 bits per heavy atom. The van der Waals surface area contributed by atoms with Gasteiger partial charge in [0.2, 0.25) is 0 Å². The highest BCUT2D eigenvalue weighted by Gasteiger charge is 2.08. The SMILES string of the molecule is COc1ccc(CNC(=O)c2cnc(NCC(C)C)cn2)cc1. The molecule has 0 aliphatic heterocycles. The van der Waals surface area contributed by atoms with Crippen molar-refractivity contribution in [3.8, 4) is 5.75 Å². The minimum absolute atomic E-state index is 0.247. The Kier molecular flexibility index (Phi) is 5.91. The second-order valence-corrected chi connectivity index (χ2v) is 5.59. The van der Waals surface area contributed by atoms with Crippen molar-refractivity contribution in [3.05, 3.63) is 47.9 Å². The van der Waals surface area contributed by atoms with E-state index in [0.29, 0.717) is 24.0 Å². The molecule has 0 saturated carbocycles. The van der Waals surface area contributed by atoms with Gasteiger partial charge in [0.25, 0.3) is 5.91 Å². The van der Waals surface area contributed by atoms with Crippen LogP contribution in [-0.4, -0.2) is 29.5 Å². The molecule has 6 heteroatoms. The van der Waals surface area contributed by atoms with Crippen molar-refractivity contribution in [1.29, 1.82) is 0 Å². The van der Waals surface area contributed by atoms with E-state index in [4.69, 9.17) is 4.74 Å². The summed E-state index contributed by atoms with van der Waals surface area (Å²) in [4.78, 5) is 20.4. The van der Waals surface area contributed by atoms with Gasteiger partial charge in [-0.05, 0) is 23.6 Å². The van der Waals surface area contributed by atoms with Gasteiger partial charge in [0.05, 0.1) is 19.5 Å². The maximum absolute atomic E-state index is 12.1. The third-order valence-electron chi connectivity index (χ3n) is 3.19. The van der Waals surface area contributed by atoms with Gasteiger partial charge >= 0.3 is 0 Å². The van der Waals surface area contributed by atoms with E-state index in [1.807, 2.05) is 24.3 Å². The van der Waals surface area contributed by atoms with Crippen LogP contribution in [0.1, 0.15) is 29.9 Å². The van der Waals surface area contributed by atoms with Crippen molar-refractivity contribution in [3.63, 3.8) is 0 Å². The Balaban J connectivity index is 1.87. The fourth-order valence-electron chi connectivity index (χ4n) is 1.86. The monoisotopic (exact) mass is 314 g/mol. The summed E-state index contributed by atoms with van der Waals surface area (Å²) in [5.41, 5.74) is 1.29. The van der Waals surface area contributed by atoms with Crippen molar-refractivity contribution in [2.45, 2.75) is 20.4 Å². The van der Waals surface area contributed by atoms with Gasteiger partial charge in [0, 0.05) is 13.1 Å². The fourth-order valence-corrected chi connectivity index (χ4v) is 1.86. The smallest absolute Gasteiger partial charge is 0.271 e. The van der Waals surface area contributed by atoms with Crippen molar-refractivity contribution in [1.82, 2.24) is 15.3 Å². The molecule has 1 heterocycles. The normalized spacial score (nSPS) is 10.4. The second kappa shape index (κ2) is 8.12. The first-order chi connectivity index (χ1) is 11.1. The van der Waals surface area contributed by atoms with E-state index in [1.54, 1.807) is 13.3 Å². The highest BCUT2D eigenvalue weighted by atomic mass is 16.5. The number of carbonyl (C=O) groups excluding carboxylic acids is 1. The van der Waals surface area contributed by atoms with E-state index in [-0.39, 0.29) is 5.91 Å². The van der Waals surface area contributed by atoms with Crippen molar-refractivity contribution >= 4 is 11.7 Å². The van der Waals surface area contributed by atoms with Crippen LogP contribution in [-0.2, 0) is 6.54 Å². The number of nitrogens with one attached hydrogen (secondary N) is 2. The highest BCUT2D eigenvalue weighted by molar-refractivity contribution is 5.91. The molecule has 2 N–H and O–H groups in total. The lowest BCUT2D eigenvalue weighted by molar-refractivity contribution is 0.0945. The number of amides is 1. The van der Waals surface area contributed by atoms with Gasteiger partial charge in [-0.3, -0.25) is 4.79 Å². The topological polar surface area (TPSA) is 76.1 Å². The maximum Gasteiger partial charge on any atom is 0.271 e. The van der Waals surface area contributed by atoms with E-state index in [0.717, 1.165) is 17.9 Å². The summed E-state index contributed by atoms with van der Waals surface area (Å²) in [6, 6.07) is 7.53. The Morgan fingerprint density at radius 3 is 2.48 bits per heavy atom. The molecule has 0 aliphatic rings. The first-order valence-corrected chi connectivity index (χ1v) is 7.55. The quantitative estimate of drug-likeness (QED) is 0.821. The molecule has 122 valence electrons. The zero-order valence-electron chi connectivity index (χ0n) is 13.7. The van der Waals surface area contributed by atoms with E-state index in [9.17, 15) is 4.79 Å². The van der Waals surface area contributed by atoms with Gasteiger partial charge < -0.3 is 15.4 Å². The molecule has 0 unspecified atom stereocenters. The molecule has 23 heavy (non-hydrogen) atoms. The zero-order valence-corrected chi connectivity index (χ0v) is 13.7. The maximum atomic E-state index is 12.1. The van der Waals surface area contributed by atoms with E-state index in [2.05, 4.69) is 34.4 Å². The molecule has 0 spiro atoms. The van der Waals surface area contributed by atoms with Crippen LogP contribution < -0.4 is 15.4 Å². The largest absolute Gasteiger partial charge is 0.497 e. The number of ether oxygens (including phenoxy) is 1. The minimum atomic E-state index is -0.247. The lowest BCUT2D eigenvalue weighted by Gasteiger charge is -2.08. The summed E-state index contributed by atoms with van der Waals surface area (Å²) in [5.74, 6) is 1.73. The molecule has 0 bridgehead atoms. The average Bonchev–Trinajstić information content (AvgIpc) is 2.58. The van der Waals surface area contributed by atoms with Crippen molar-refractivity contribution in [2.75, 3.05) is 19.0 Å². The van der Waals surface area contributed by atoms with Crippen LogP contribution in [0.5, 0.6) is 5.75 Å². The van der Waals surface area contributed by atoms with E-state index < -0.39 is 0 Å². The minimum Gasteiger partial charge on any atom is -0.497 e. The standard InChI is InChI=1S/C17H22N4O2/c1-12(2)8-19-16-11-18-15(10-20-16)17(22)21-9-13-4-6-14(23-3)7-5-13/h4-7,10-12H,8-9H2,1-3H3,(H,19,20)(H,21,22). The Labute approximate surface area is 136 Å². The fraction of sp³-hybridized carbons (Fsp3) is 0.353.